The van der Waals surface area contributed by atoms with Gasteiger partial charge < -0.3 is 14.8 Å². The van der Waals surface area contributed by atoms with Crippen LogP contribution in [0.4, 0.5) is 4.79 Å². The van der Waals surface area contributed by atoms with Gasteiger partial charge in [-0.1, -0.05) is 121 Å². The summed E-state index contributed by atoms with van der Waals surface area (Å²) < 4.78 is 55.9. The molecule has 3 unspecified atom stereocenters. The molecule has 0 aromatic heterocycles. The predicted molar refractivity (Wildman–Crippen MR) is 178 cm³/mol. The molecule has 0 aliphatic carbocycles. The van der Waals surface area contributed by atoms with Crippen LogP contribution in [-0.2, 0) is 41.9 Å². The average Bonchev–Trinajstić information content (AvgIpc) is 3.07. The highest BCUT2D eigenvalue weighted by Gasteiger charge is 2.39. The standard InChI is InChI=1S/C34H38N3O7PS/c1-2-43-32(38)24-35-45(40,31-21-13-6-14-22-31)33(29-19-11-5-12-20-29)37-46(41,42)26-30(23-27-15-7-3-8-16-27)36-34(39)44-25-28-17-9-4-10-18-28/h3-22,30,33,37H,2,23-26H2,1H3,(H,35,40)(H,36,39). The molecule has 0 saturated heterocycles. The van der Waals surface area contributed by atoms with Crippen molar-refractivity contribution < 1.29 is 32.0 Å². The van der Waals surface area contributed by atoms with Gasteiger partial charge in [0.15, 0.2) is 7.29 Å². The van der Waals surface area contributed by atoms with Crippen molar-refractivity contribution >= 4 is 34.7 Å². The van der Waals surface area contributed by atoms with E-state index < -0.39 is 53.5 Å². The Morgan fingerprint density at radius 2 is 1.30 bits per heavy atom. The second kappa shape index (κ2) is 16.9. The van der Waals surface area contributed by atoms with Crippen molar-refractivity contribution in [3.05, 3.63) is 138 Å². The highest BCUT2D eigenvalue weighted by molar-refractivity contribution is 7.90. The second-order valence-corrected chi connectivity index (χ2v) is 14.9. The minimum absolute atomic E-state index is 0.0121. The van der Waals surface area contributed by atoms with E-state index in [1.165, 1.54) is 0 Å². The summed E-state index contributed by atoms with van der Waals surface area (Å²) >= 11 is 0. The Morgan fingerprint density at radius 3 is 1.89 bits per heavy atom. The average molecular weight is 664 g/mol. The highest BCUT2D eigenvalue weighted by Crippen LogP contribution is 2.53. The number of rotatable bonds is 16. The first-order valence-corrected chi connectivity index (χ1v) is 18.2. The van der Waals surface area contributed by atoms with Gasteiger partial charge in [0.25, 0.3) is 0 Å². The van der Waals surface area contributed by atoms with E-state index in [2.05, 4.69) is 15.1 Å². The number of amides is 1. The summed E-state index contributed by atoms with van der Waals surface area (Å²) in [5.74, 6) is -2.47. The smallest absolute Gasteiger partial charge is 0.407 e. The molecule has 1 amide bonds. The van der Waals surface area contributed by atoms with Crippen molar-refractivity contribution in [2.45, 2.75) is 31.8 Å². The first kappa shape index (κ1) is 34.6. The van der Waals surface area contributed by atoms with Crippen LogP contribution in [0.15, 0.2) is 121 Å². The Labute approximate surface area is 270 Å². The molecule has 12 heteroatoms. The fourth-order valence-electron chi connectivity index (χ4n) is 4.83. The van der Waals surface area contributed by atoms with E-state index in [-0.39, 0.29) is 19.6 Å². The van der Waals surface area contributed by atoms with E-state index in [1.54, 1.807) is 67.6 Å². The fourth-order valence-corrected chi connectivity index (χ4v) is 9.44. The number of carbonyl (C=O) groups excluding carboxylic acids is 2. The van der Waals surface area contributed by atoms with Gasteiger partial charge in [-0.3, -0.25) is 14.4 Å². The van der Waals surface area contributed by atoms with Crippen molar-refractivity contribution in [3.63, 3.8) is 0 Å². The van der Waals surface area contributed by atoms with Gasteiger partial charge in [0.2, 0.25) is 10.0 Å². The molecule has 0 aliphatic rings. The number of alkyl carbamates (subject to hydrolysis) is 1. The summed E-state index contributed by atoms with van der Waals surface area (Å²) in [5, 5.41) is 5.86. The zero-order chi connectivity index (χ0) is 32.8. The van der Waals surface area contributed by atoms with Crippen LogP contribution in [0.5, 0.6) is 0 Å². The molecule has 0 radical (unpaired) electrons. The highest BCUT2D eigenvalue weighted by atomic mass is 32.2. The van der Waals surface area contributed by atoms with Crippen molar-refractivity contribution in [2.75, 3.05) is 18.9 Å². The van der Waals surface area contributed by atoms with E-state index in [1.807, 2.05) is 60.7 Å². The Hall–Kier alpha value is -4.28. The van der Waals surface area contributed by atoms with Gasteiger partial charge in [0.1, 0.15) is 18.9 Å². The Balaban J connectivity index is 1.62. The van der Waals surface area contributed by atoms with Gasteiger partial charge in [-0.25, -0.2) is 13.2 Å². The number of benzene rings is 4. The SMILES string of the molecule is CCOC(=O)CNP(=O)(c1ccccc1)C(NS(=O)(=O)CC(Cc1ccccc1)NC(=O)OCc1ccccc1)c1ccccc1. The first-order valence-electron chi connectivity index (χ1n) is 14.8. The van der Waals surface area contributed by atoms with Crippen molar-refractivity contribution in [1.82, 2.24) is 15.1 Å². The zero-order valence-corrected chi connectivity index (χ0v) is 27.2. The van der Waals surface area contributed by atoms with E-state index >= 15 is 0 Å². The maximum absolute atomic E-state index is 14.9. The molecule has 46 heavy (non-hydrogen) atoms. The molecule has 3 N–H and O–H groups in total. The minimum Gasteiger partial charge on any atom is -0.465 e. The lowest BCUT2D eigenvalue weighted by Gasteiger charge is -2.30. The number of carbonyl (C=O) groups is 2. The summed E-state index contributed by atoms with van der Waals surface area (Å²) in [6.07, 6.45) is -0.582. The molecule has 0 heterocycles. The zero-order valence-electron chi connectivity index (χ0n) is 25.5. The van der Waals surface area contributed by atoms with E-state index in [0.29, 0.717) is 10.9 Å². The number of esters is 1. The van der Waals surface area contributed by atoms with Crippen LogP contribution in [-0.4, -0.2) is 45.4 Å². The Kier molecular flexibility index (Phi) is 12.7. The van der Waals surface area contributed by atoms with Crippen LogP contribution < -0.4 is 20.4 Å². The van der Waals surface area contributed by atoms with Crippen LogP contribution in [0.25, 0.3) is 0 Å². The molecular weight excluding hydrogens is 625 g/mol. The Morgan fingerprint density at radius 1 is 0.761 bits per heavy atom. The number of sulfonamides is 1. The molecule has 242 valence electrons. The molecule has 3 atom stereocenters. The minimum atomic E-state index is -4.25. The molecule has 10 nitrogen and oxygen atoms in total. The van der Waals surface area contributed by atoms with Crippen LogP contribution >= 0.6 is 7.29 Å². The molecule has 4 aromatic carbocycles. The fraction of sp³-hybridized carbons (Fsp3) is 0.235. The molecule has 0 fully saturated rings. The summed E-state index contributed by atoms with van der Waals surface area (Å²) in [7, 11) is -8.16. The van der Waals surface area contributed by atoms with E-state index in [9.17, 15) is 22.6 Å². The third-order valence-electron chi connectivity index (χ3n) is 6.95. The maximum Gasteiger partial charge on any atom is 0.407 e. The van der Waals surface area contributed by atoms with Crippen LogP contribution in [0, 0.1) is 0 Å². The molecule has 4 aromatic rings. The molecule has 0 saturated carbocycles. The largest absolute Gasteiger partial charge is 0.465 e. The normalized spacial score (nSPS) is 13.9. The third kappa shape index (κ3) is 10.4. The van der Waals surface area contributed by atoms with Crippen LogP contribution in [0.2, 0.25) is 0 Å². The quantitative estimate of drug-likeness (QED) is 0.114. The number of ether oxygens (including phenoxy) is 2. The van der Waals surface area contributed by atoms with Gasteiger partial charge in [0, 0.05) is 5.30 Å². The molecule has 0 aliphatic heterocycles. The molecular formula is C34H38N3O7PS. The lowest BCUT2D eigenvalue weighted by atomic mass is 10.1. The summed E-state index contributed by atoms with van der Waals surface area (Å²) in [6.45, 7) is 1.40. The summed E-state index contributed by atoms with van der Waals surface area (Å²) in [6, 6.07) is 34.2. The van der Waals surface area contributed by atoms with Crippen molar-refractivity contribution in [2.24, 2.45) is 0 Å². The second-order valence-electron chi connectivity index (χ2n) is 10.4. The summed E-state index contributed by atoms with van der Waals surface area (Å²) in [4.78, 5) is 25.2. The number of nitrogens with one attached hydrogen (secondary N) is 3. The van der Waals surface area contributed by atoms with E-state index in [4.69, 9.17) is 9.47 Å². The van der Waals surface area contributed by atoms with E-state index in [0.717, 1.165) is 11.1 Å². The van der Waals surface area contributed by atoms with Crippen molar-refractivity contribution in [3.8, 4) is 0 Å². The van der Waals surface area contributed by atoms with Gasteiger partial charge >= 0.3 is 12.1 Å². The number of hydrogen-bond acceptors (Lipinski definition) is 7. The number of hydrogen-bond donors (Lipinski definition) is 3. The molecule has 0 bridgehead atoms. The lowest BCUT2D eigenvalue weighted by molar-refractivity contribution is -0.141. The third-order valence-corrected chi connectivity index (χ3v) is 11.4. The maximum atomic E-state index is 14.9. The first-order chi connectivity index (χ1) is 22.2. The van der Waals surface area contributed by atoms with Gasteiger partial charge in [-0.15, -0.1) is 0 Å². The van der Waals surface area contributed by atoms with Gasteiger partial charge in [-0.2, -0.15) is 4.72 Å². The molecule has 4 rings (SSSR count). The van der Waals surface area contributed by atoms with Crippen LogP contribution in [0.1, 0.15) is 29.4 Å². The monoisotopic (exact) mass is 663 g/mol. The van der Waals surface area contributed by atoms with Crippen molar-refractivity contribution in [1.29, 1.82) is 0 Å². The van der Waals surface area contributed by atoms with Gasteiger partial charge in [-0.05, 0) is 30.0 Å². The topological polar surface area (TPSA) is 140 Å². The molecule has 0 spiro atoms. The van der Waals surface area contributed by atoms with Gasteiger partial charge in [0.05, 0.1) is 18.4 Å². The predicted octanol–water partition coefficient (Wildman–Crippen LogP) is 4.90. The Bertz CT molecular complexity index is 1690. The lowest BCUT2D eigenvalue weighted by Crippen LogP contribution is -2.46. The summed E-state index contributed by atoms with van der Waals surface area (Å²) in [5.41, 5.74) is 2.01. The van der Waals surface area contributed by atoms with Crippen LogP contribution in [0.3, 0.4) is 0 Å².